The van der Waals surface area contributed by atoms with Crippen LogP contribution in [0.25, 0.3) is 32.8 Å². The molecule has 0 atom stereocenters. The summed E-state index contributed by atoms with van der Waals surface area (Å²) in [6.07, 6.45) is 2.74. The number of likely N-dealkylation sites (N-methyl/N-ethyl adjacent to an activating group) is 2. The molecule has 0 bridgehead atoms. The van der Waals surface area contributed by atoms with E-state index >= 15 is 0 Å². The molecule has 0 saturated heterocycles. The number of aromatic amines is 1. The van der Waals surface area contributed by atoms with Crippen molar-refractivity contribution in [1.82, 2.24) is 24.4 Å². The van der Waals surface area contributed by atoms with Crippen LogP contribution in [0, 0.1) is 0 Å². The molecule has 0 aliphatic heterocycles. The summed E-state index contributed by atoms with van der Waals surface area (Å²) in [5.74, 6) is 0.478. The molecule has 0 fully saturated rings. The van der Waals surface area contributed by atoms with Gasteiger partial charge in [0.15, 0.2) is 0 Å². The number of amides is 1. The lowest BCUT2D eigenvalue weighted by atomic mass is 10.1. The molecule has 2 aromatic carbocycles. The van der Waals surface area contributed by atoms with Crippen LogP contribution in [0.15, 0.2) is 60.0 Å². The number of ether oxygens (including phenoxy) is 1. The summed E-state index contributed by atoms with van der Waals surface area (Å²) in [5, 5.41) is 8.32. The highest BCUT2D eigenvalue weighted by atomic mass is 16.5. The third-order valence-electron chi connectivity index (χ3n) is 6.91. The van der Waals surface area contributed by atoms with Gasteiger partial charge >= 0.3 is 0 Å². The molecule has 0 radical (unpaired) electrons. The second-order valence-corrected chi connectivity index (χ2v) is 9.82. The highest BCUT2D eigenvalue weighted by Gasteiger charge is 2.19. The van der Waals surface area contributed by atoms with Crippen LogP contribution in [-0.2, 0) is 11.8 Å². The number of fused-ring (bicyclic) bond motifs is 5. The first-order valence-corrected chi connectivity index (χ1v) is 12.8. The number of benzene rings is 2. The van der Waals surface area contributed by atoms with Gasteiger partial charge < -0.3 is 34.7 Å². The van der Waals surface area contributed by atoms with Gasteiger partial charge in [0.2, 0.25) is 11.9 Å². The fraction of sp³-hybridized carbons (Fsp3) is 0.241. The van der Waals surface area contributed by atoms with E-state index in [1.165, 1.54) is 12.3 Å². The number of hydrogen-bond donors (Lipinski definition) is 3. The van der Waals surface area contributed by atoms with Gasteiger partial charge in [-0.15, -0.1) is 0 Å². The Morgan fingerprint density at radius 1 is 1.15 bits per heavy atom. The van der Waals surface area contributed by atoms with Gasteiger partial charge in [-0.3, -0.25) is 9.59 Å². The Hall–Kier alpha value is -4.90. The smallest absolute Gasteiger partial charge is 0.260 e. The van der Waals surface area contributed by atoms with E-state index in [9.17, 15) is 9.59 Å². The molecule has 3 heterocycles. The van der Waals surface area contributed by atoms with Crippen LogP contribution in [0.4, 0.5) is 23.0 Å². The van der Waals surface area contributed by atoms with Crippen molar-refractivity contribution in [2.75, 3.05) is 56.9 Å². The molecule has 0 spiro atoms. The normalized spacial score (nSPS) is 11.3. The molecule has 0 aliphatic carbocycles. The summed E-state index contributed by atoms with van der Waals surface area (Å²) in [4.78, 5) is 41.5. The van der Waals surface area contributed by atoms with Gasteiger partial charge in [-0.05, 0) is 32.3 Å². The molecule has 11 nitrogen and oxygen atoms in total. The Bertz CT molecular complexity index is 1820. The second kappa shape index (κ2) is 10.7. The van der Waals surface area contributed by atoms with E-state index in [2.05, 4.69) is 32.1 Å². The molecule has 5 rings (SSSR count). The molecule has 5 aromatic rings. The summed E-state index contributed by atoms with van der Waals surface area (Å²) in [6, 6.07) is 11.6. The van der Waals surface area contributed by atoms with Crippen LogP contribution in [-0.4, -0.2) is 71.7 Å². The predicted octanol–water partition coefficient (Wildman–Crippen LogP) is 3.84. The van der Waals surface area contributed by atoms with E-state index in [0.29, 0.717) is 33.7 Å². The minimum atomic E-state index is -0.335. The Morgan fingerprint density at radius 2 is 1.93 bits per heavy atom. The summed E-state index contributed by atoms with van der Waals surface area (Å²) >= 11 is 0. The van der Waals surface area contributed by atoms with Crippen molar-refractivity contribution in [3.8, 4) is 5.75 Å². The summed E-state index contributed by atoms with van der Waals surface area (Å²) < 4.78 is 7.66. The zero-order valence-corrected chi connectivity index (χ0v) is 23.2. The lowest BCUT2D eigenvalue weighted by molar-refractivity contribution is -0.111. The Kier molecular flexibility index (Phi) is 7.14. The third kappa shape index (κ3) is 4.82. The zero-order valence-electron chi connectivity index (χ0n) is 23.2. The SMILES string of the molecule is C=CC(=O)Nc1cc(Nc2ncc3c(=O)[nH]c4c(c5ccccc5n4C)c3n2)c(OC)cc1N(C)CCN(C)C. The number of methoxy groups -OCH3 is 1. The molecule has 11 heteroatoms. The van der Waals surface area contributed by atoms with Crippen LogP contribution in [0.2, 0.25) is 0 Å². The number of anilines is 4. The van der Waals surface area contributed by atoms with Gasteiger partial charge in [0.25, 0.3) is 5.56 Å². The quantitative estimate of drug-likeness (QED) is 0.241. The maximum absolute atomic E-state index is 12.9. The number of pyridine rings is 1. The van der Waals surface area contributed by atoms with E-state index in [-0.39, 0.29) is 17.4 Å². The number of aryl methyl sites for hydroxylation is 1. The summed E-state index contributed by atoms with van der Waals surface area (Å²) in [5.41, 5.74) is 3.83. The van der Waals surface area contributed by atoms with Crippen LogP contribution in [0.5, 0.6) is 5.75 Å². The lowest BCUT2D eigenvalue weighted by Gasteiger charge is -2.26. The van der Waals surface area contributed by atoms with Crippen molar-refractivity contribution in [3.05, 3.63) is 65.6 Å². The number of hydrogen-bond acceptors (Lipinski definition) is 8. The predicted molar refractivity (Wildman–Crippen MR) is 161 cm³/mol. The molecule has 0 saturated carbocycles. The third-order valence-corrected chi connectivity index (χ3v) is 6.91. The second-order valence-electron chi connectivity index (χ2n) is 9.82. The Balaban J connectivity index is 1.63. The molecular weight excluding hydrogens is 508 g/mol. The summed E-state index contributed by atoms with van der Waals surface area (Å²) in [6.45, 7) is 5.12. The molecule has 1 amide bonds. The fourth-order valence-electron chi connectivity index (χ4n) is 4.78. The van der Waals surface area contributed by atoms with Crippen LogP contribution < -0.4 is 25.8 Å². The molecule has 0 aliphatic rings. The van der Waals surface area contributed by atoms with Gasteiger partial charge in [0.1, 0.15) is 11.4 Å². The number of rotatable bonds is 9. The molecule has 3 aromatic heterocycles. The number of H-pyrrole nitrogens is 1. The van der Waals surface area contributed by atoms with Crippen LogP contribution in [0.3, 0.4) is 0 Å². The minimum Gasteiger partial charge on any atom is -0.494 e. The van der Waals surface area contributed by atoms with E-state index in [1.807, 2.05) is 68.0 Å². The van der Waals surface area contributed by atoms with Gasteiger partial charge in [0, 0.05) is 44.8 Å². The van der Waals surface area contributed by atoms with Crippen molar-refractivity contribution >= 4 is 61.8 Å². The number of carbonyl (C=O) groups is 1. The largest absolute Gasteiger partial charge is 0.494 e. The fourth-order valence-corrected chi connectivity index (χ4v) is 4.78. The number of nitrogens with one attached hydrogen (secondary N) is 3. The van der Waals surface area contributed by atoms with E-state index < -0.39 is 0 Å². The first-order chi connectivity index (χ1) is 19.2. The topological polar surface area (TPSA) is 120 Å². The lowest BCUT2D eigenvalue weighted by Crippen LogP contribution is -2.29. The Morgan fingerprint density at radius 3 is 2.65 bits per heavy atom. The number of para-hydroxylation sites is 1. The van der Waals surface area contributed by atoms with Crippen molar-refractivity contribution < 1.29 is 9.53 Å². The number of nitrogens with zero attached hydrogens (tertiary/aromatic N) is 5. The minimum absolute atomic E-state index is 0.267. The first-order valence-electron chi connectivity index (χ1n) is 12.8. The van der Waals surface area contributed by atoms with Crippen molar-refractivity contribution in [2.45, 2.75) is 0 Å². The van der Waals surface area contributed by atoms with Crippen molar-refractivity contribution in [1.29, 1.82) is 0 Å². The molecule has 0 unspecified atom stereocenters. The molecule has 40 heavy (non-hydrogen) atoms. The van der Waals surface area contributed by atoms with Gasteiger partial charge in [-0.25, -0.2) is 9.97 Å². The molecule has 206 valence electrons. The van der Waals surface area contributed by atoms with Crippen LogP contribution in [0.1, 0.15) is 0 Å². The maximum Gasteiger partial charge on any atom is 0.260 e. The van der Waals surface area contributed by atoms with Gasteiger partial charge in [0.05, 0.1) is 46.0 Å². The first kappa shape index (κ1) is 26.7. The van der Waals surface area contributed by atoms with E-state index in [4.69, 9.17) is 9.72 Å². The van der Waals surface area contributed by atoms with Crippen molar-refractivity contribution in [2.24, 2.45) is 7.05 Å². The molecular formula is C29H32N8O3. The maximum atomic E-state index is 12.9. The van der Waals surface area contributed by atoms with Gasteiger partial charge in [-0.1, -0.05) is 24.8 Å². The monoisotopic (exact) mass is 540 g/mol. The molecule has 3 N–H and O–H groups in total. The highest BCUT2D eigenvalue weighted by Crippen LogP contribution is 2.38. The van der Waals surface area contributed by atoms with Crippen molar-refractivity contribution in [3.63, 3.8) is 0 Å². The zero-order chi connectivity index (χ0) is 28.6. The number of aromatic nitrogens is 4. The standard InChI is InChI=1S/C29H32N8O3/c1-7-24(38)31-19-14-20(23(40-6)15-22(19)36(4)13-12-35(2)3)32-29-30-16-18-26(33-29)25-17-10-8-9-11-21(17)37(5)27(25)34-28(18)39/h7-11,14-16H,1,12-13H2,2-6H3,(H,31,38)(H,34,39)(H,30,32,33). The number of carbonyl (C=O) groups excluding carboxylic acids is 1. The Labute approximate surface area is 231 Å². The average Bonchev–Trinajstić information content (AvgIpc) is 3.23. The summed E-state index contributed by atoms with van der Waals surface area (Å²) in [7, 11) is 9.45. The highest BCUT2D eigenvalue weighted by molar-refractivity contribution is 6.17. The average molecular weight is 541 g/mol. The van der Waals surface area contributed by atoms with Gasteiger partial charge in [-0.2, -0.15) is 0 Å². The van der Waals surface area contributed by atoms with E-state index in [1.54, 1.807) is 13.2 Å². The van der Waals surface area contributed by atoms with Crippen LogP contribution >= 0.6 is 0 Å². The van der Waals surface area contributed by atoms with E-state index in [0.717, 1.165) is 35.1 Å².